The molecule has 18 heteroatoms. The van der Waals surface area contributed by atoms with Crippen LogP contribution < -0.4 is 32.7 Å². The number of imide groups is 1. The highest BCUT2D eigenvalue weighted by molar-refractivity contribution is 7.81. The van der Waals surface area contributed by atoms with Crippen molar-refractivity contribution in [2.24, 2.45) is 23.3 Å². The molecule has 1 aromatic rings. The van der Waals surface area contributed by atoms with E-state index >= 15 is 0 Å². The number of nitrogens with two attached hydrogens (primary N) is 2. The van der Waals surface area contributed by atoms with Gasteiger partial charge in [0.05, 0.1) is 11.8 Å². The second-order valence-electron chi connectivity index (χ2n) is 14.2. The maximum absolute atomic E-state index is 12.8. The first kappa shape index (κ1) is 56.2. The van der Waals surface area contributed by atoms with E-state index in [1.54, 1.807) is 52.0 Å². The lowest BCUT2D eigenvalue weighted by molar-refractivity contribution is -0.138. The maximum Gasteiger partial charge on any atom is 0.410 e. The molecule has 1 aliphatic rings. The zero-order chi connectivity index (χ0) is 45.7. The minimum absolute atomic E-state index is 0.0588. The number of amides is 9. The van der Waals surface area contributed by atoms with Gasteiger partial charge >= 0.3 is 12.1 Å². The number of nitrogens with zero attached hydrogens (tertiary/aromatic N) is 2. The zero-order valence-electron chi connectivity index (χ0n) is 36.9. The standard InChI is InChI=1S/C31H46N6O8S.C4H10N2O.C4H10.C2H6/c1-18(2)26(35-23(38)9-7-6-8-14-37-25(40)15-22(46)30(37)43)29(42)33-16-24(39)34-21-12-10-20(11-13-21)17-45-31(44)36(5)27(19(3)4)28(32)41;1-2-3-6-4(5)7;1-3-4-2;1-2/h10-13,18-19,22,26-27,46H,6-9,14-17H2,1-5H3,(H2,32,41)(H,33,42)(H,34,39)(H,35,38);2-3H2,1H3,(H3,5,6,7);3-4H2,1-2H3;1-2H3. The van der Waals surface area contributed by atoms with Crippen LogP contribution in [0, 0.1) is 11.8 Å². The van der Waals surface area contributed by atoms with Crippen LogP contribution in [0.2, 0.25) is 0 Å². The molecule has 0 aliphatic carbocycles. The molecule has 8 N–H and O–H groups in total. The van der Waals surface area contributed by atoms with Gasteiger partial charge in [-0.05, 0) is 48.8 Å². The molecule has 3 unspecified atom stereocenters. The number of hydrogen-bond donors (Lipinski definition) is 7. The smallest absolute Gasteiger partial charge is 0.410 e. The highest BCUT2D eigenvalue weighted by Gasteiger charge is 2.35. The molecule has 1 aliphatic heterocycles. The SMILES string of the molecule is CC.CC(C)C(NC(=O)CCCCCN1C(=O)CC(S)C1=O)C(=O)NCC(=O)Nc1ccc(COC(=O)N(C)C(C(N)=O)C(C)C)cc1.CCCC.CCCNC(N)=O. The molecule has 1 fully saturated rings. The molecule has 0 saturated carbocycles. The minimum Gasteiger partial charge on any atom is -0.445 e. The number of carbonyl (C=O) groups is 8. The molecule has 59 heavy (non-hydrogen) atoms. The summed E-state index contributed by atoms with van der Waals surface area (Å²) in [6, 6.07) is 4.45. The Morgan fingerprint density at radius 1 is 0.864 bits per heavy atom. The monoisotopic (exact) mass is 853 g/mol. The summed E-state index contributed by atoms with van der Waals surface area (Å²) in [5.41, 5.74) is 11.2. The van der Waals surface area contributed by atoms with Crippen molar-refractivity contribution in [3.63, 3.8) is 0 Å². The van der Waals surface area contributed by atoms with Gasteiger partial charge < -0.3 is 37.5 Å². The number of ether oxygens (including phenoxy) is 1. The van der Waals surface area contributed by atoms with Gasteiger partial charge in [0.25, 0.3) is 0 Å². The van der Waals surface area contributed by atoms with Crippen LogP contribution in [0.3, 0.4) is 0 Å². The van der Waals surface area contributed by atoms with Crippen LogP contribution in [-0.2, 0) is 40.1 Å². The lowest BCUT2D eigenvalue weighted by Crippen LogP contribution is -2.51. The molecular formula is C41H72N8O9S. The van der Waals surface area contributed by atoms with Gasteiger partial charge in [0.15, 0.2) is 0 Å². The second-order valence-corrected chi connectivity index (χ2v) is 14.8. The Labute approximate surface area is 356 Å². The van der Waals surface area contributed by atoms with E-state index in [0.29, 0.717) is 43.6 Å². The third-order valence-electron chi connectivity index (χ3n) is 8.47. The van der Waals surface area contributed by atoms with E-state index in [4.69, 9.17) is 16.2 Å². The number of primary amides is 2. The summed E-state index contributed by atoms with van der Waals surface area (Å²) in [7, 11) is 1.44. The van der Waals surface area contributed by atoms with Crippen molar-refractivity contribution in [3.8, 4) is 0 Å². The largest absolute Gasteiger partial charge is 0.445 e. The Morgan fingerprint density at radius 2 is 1.46 bits per heavy atom. The van der Waals surface area contributed by atoms with Crippen molar-refractivity contribution in [1.29, 1.82) is 0 Å². The molecule has 0 radical (unpaired) electrons. The zero-order valence-corrected chi connectivity index (χ0v) is 37.7. The maximum atomic E-state index is 12.8. The van der Waals surface area contributed by atoms with E-state index in [1.807, 2.05) is 20.8 Å². The van der Waals surface area contributed by atoms with Crippen LogP contribution in [0.15, 0.2) is 24.3 Å². The van der Waals surface area contributed by atoms with E-state index in [9.17, 15) is 38.4 Å². The molecule has 3 atom stereocenters. The van der Waals surface area contributed by atoms with E-state index in [0.717, 1.165) is 11.3 Å². The van der Waals surface area contributed by atoms with E-state index in [1.165, 1.54) is 24.8 Å². The predicted molar refractivity (Wildman–Crippen MR) is 233 cm³/mol. The van der Waals surface area contributed by atoms with Crippen molar-refractivity contribution < 1.29 is 43.1 Å². The summed E-state index contributed by atoms with van der Waals surface area (Å²) in [6.07, 6.45) is 4.87. The van der Waals surface area contributed by atoms with Crippen LogP contribution in [0.1, 0.15) is 119 Å². The molecule has 2 rings (SSSR count). The summed E-state index contributed by atoms with van der Waals surface area (Å²) in [6.45, 7) is 18.0. The van der Waals surface area contributed by atoms with Gasteiger partial charge in [0.2, 0.25) is 35.4 Å². The molecule has 0 spiro atoms. The van der Waals surface area contributed by atoms with E-state index < -0.39 is 47.2 Å². The van der Waals surface area contributed by atoms with Crippen LogP contribution >= 0.6 is 12.6 Å². The normalized spacial score (nSPS) is 13.9. The van der Waals surface area contributed by atoms with Crippen molar-refractivity contribution >= 4 is 65.9 Å². The Kier molecular flexibility index (Phi) is 30.5. The molecule has 17 nitrogen and oxygen atoms in total. The number of thiol groups is 1. The summed E-state index contributed by atoms with van der Waals surface area (Å²) in [4.78, 5) is 97.7. The third kappa shape index (κ3) is 24.0. The molecule has 0 bridgehead atoms. The molecule has 1 aromatic carbocycles. The molecule has 0 aromatic heterocycles. The Morgan fingerprint density at radius 3 is 1.90 bits per heavy atom. The van der Waals surface area contributed by atoms with Crippen LogP contribution in [0.4, 0.5) is 15.3 Å². The number of carbonyl (C=O) groups excluding carboxylic acids is 8. The highest BCUT2D eigenvalue weighted by Crippen LogP contribution is 2.19. The number of urea groups is 1. The fourth-order valence-electron chi connectivity index (χ4n) is 5.16. The van der Waals surface area contributed by atoms with E-state index in [-0.39, 0.29) is 55.6 Å². The average Bonchev–Trinajstić information content (AvgIpc) is 3.43. The van der Waals surface area contributed by atoms with Crippen LogP contribution in [-0.4, -0.2) is 101 Å². The highest BCUT2D eigenvalue weighted by atomic mass is 32.1. The Bertz CT molecular complexity index is 1460. The Hall–Kier alpha value is -4.87. The molecule has 1 saturated heterocycles. The summed E-state index contributed by atoms with van der Waals surface area (Å²) in [5, 5.41) is 9.79. The quantitative estimate of drug-likeness (QED) is 0.0554. The van der Waals surface area contributed by atoms with Gasteiger partial charge in [-0.3, -0.25) is 38.6 Å². The van der Waals surface area contributed by atoms with Crippen LogP contribution in [0.5, 0.6) is 0 Å². The first-order valence-electron chi connectivity index (χ1n) is 20.5. The van der Waals surface area contributed by atoms with Crippen molar-refractivity contribution in [2.75, 3.05) is 32.0 Å². The van der Waals surface area contributed by atoms with Crippen LogP contribution in [0.25, 0.3) is 0 Å². The minimum atomic E-state index is -0.840. The molecule has 9 amide bonds. The Balaban J connectivity index is 0. The fourth-order valence-corrected chi connectivity index (χ4v) is 5.45. The number of likely N-dealkylation sites (tertiary alicyclic amines) is 1. The molecule has 1 heterocycles. The number of benzene rings is 1. The molecule has 336 valence electrons. The number of hydrogen-bond acceptors (Lipinski definition) is 10. The number of nitrogens with one attached hydrogen (secondary N) is 4. The fraction of sp³-hybridized carbons (Fsp3) is 0.659. The van der Waals surface area contributed by atoms with Gasteiger partial charge in [0, 0.05) is 38.7 Å². The predicted octanol–water partition coefficient (Wildman–Crippen LogP) is 4.48. The first-order valence-corrected chi connectivity index (χ1v) is 21.0. The number of rotatable bonds is 20. The van der Waals surface area contributed by atoms with Crippen molar-refractivity contribution in [2.45, 2.75) is 138 Å². The summed E-state index contributed by atoms with van der Waals surface area (Å²) >= 11 is 4.10. The summed E-state index contributed by atoms with van der Waals surface area (Å²) < 4.78 is 5.28. The van der Waals surface area contributed by atoms with Gasteiger partial charge in [0.1, 0.15) is 18.7 Å². The number of likely N-dealkylation sites (N-methyl/N-ethyl adjacent to an activating group) is 1. The van der Waals surface area contributed by atoms with Crippen molar-refractivity contribution in [3.05, 3.63) is 29.8 Å². The third-order valence-corrected chi connectivity index (χ3v) is 8.88. The lowest BCUT2D eigenvalue weighted by Gasteiger charge is -2.27. The van der Waals surface area contributed by atoms with Gasteiger partial charge in [-0.15, -0.1) is 0 Å². The van der Waals surface area contributed by atoms with Gasteiger partial charge in [-0.25, -0.2) is 9.59 Å². The second kappa shape index (κ2) is 32.0. The van der Waals surface area contributed by atoms with Gasteiger partial charge in [-0.2, -0.15) is 12.6 Å². The van der Waals surface area contributed by atoms with Crippen molar-refractivity contribution in [1.82, 2.24) is 25.8 Å². The number of anilines is 1. The summed E-state index contributed by atoms with van der Waals surface area (Å²) in [5.74, 6) is -2.85. The van der Waals surface area contributed by atoms with E-state index in [2.05, 4.69) is 47.7 Å². The van der Waals surface area contributed by atoms with Gasteiger partial charge in [-0.1, -0.05) is 93.7 Å². The average molecular weight is 853 g/mol. The number of unbranched alkanes of at least 4 members (excludes halogenated alkanes) is 3. The topological polar surface area (TPSA) is 252 Å². The molecular weight excluding hydrogens is 781 g/mol. The first-order chi connectivity index (χ1) is 27.8. The lowest BCUT2D eigenvalue weighted by atomic mass is 10.0.